The lowest BCUT2D eigenvalue weighted by atomic mass is 10.3. The molecule has 1 saturated carbocycles. The van der Waals surface area contributed by atoms with Gasteiger partial charge in [0.25, 0.3) is 0 Å². The van der Waals surface area contributed by atoms with Gasteiger partial charge in [0.05, 0.1) is 6.10 Å². The Kier molecular flexibility index (Phi) is 3.52. The lowest BCUT2D eigenvalue weighted by molar-refractivity contribution is 0.0820. The van der Waals surface area contributed by atoms with Crippen molar-refractivity contribution in [1.82, 2.24) is 9.97 Å². The predicted molar refractivity (Wildman–Crippen MR) is 74.0 cm³/mol. The molecule has 0 bridgehead atoms. The average Bonchev–Trinajstić information content (AvgIpc) is 3.14. The molecular formula is C13H18BrN3O. The van der Waals surface area contributed by atoms with E-state index in [2.05, 4.69) is 32.7 Å². The molecule has 1 aromatic rings. The maximum Gasteiger partial charge on any atom is 0.135 e. The summed E-state index contributed by atoms with van der Waals surface area (Å²) in [7, 11) is 0. The molecular weight excluding hydrogens is 294 g/mol. The Morgan fingerprint density at radius 2 is 2.22 bits per heavy atom. The zero-order chi connectivity index (χ0) is 12.5. The summed E-state index contributed by atoms with van der Waals surface area (Å²) in [5.74, 6) is 2.62. The van der Waals surface area contributed by atoms with Gasteiger partial charge in [0.2, 0.25) is 0 Å². The molecule has 0 amide bonds. The highest BCUT2D eigenvalue weighted by Gasteiger charge is 2.28. The number of rotatable bonds is 2. The van der Waals surface area contributed by atoms with Crippen LogP contribution in [0.5, 0.6) is 0 Å². The maximum absolute atomic E-state index is 5.68. The van der Waals surface area contributed by atoms with Crippen molar-refractivity contribution in [1.29, 1.82) is 0 Å². The molecule has 5 heteroatoms. The number of ether oxygens (including phenoxy) is 1. The van der Waals surface area contributed by atoms with Crippen LogP contribution in [0.15, 0.2) is 10.7 Å². The average molecular weight is 312 g/mol. The molecule has 2 heterocycles. The Morgan fingerprint density at radius 1 is 1.39 bits per heavy atom. The predicted octanol–water partition coefficient (Wildman–Crippen LogP) is 2.73. The van der Waals surface area contributed by atoms with E-state index in [1.165, 1.54) is 12.8 Å². The Bertz CT molecular complexity index is 436. The molecule has 1 atom stereocenters. The Labute approximate surface area is 116 Å². The van der Waals surface area contributed by atoms with E-state index >= 15 is 0 Å². The molecule has 2 fully saturated rings. The van der Waals surface area contributed by atoms with Crippen molar-refractivity contribution in [2.45, 2.75) is 38.2 Å². The van der Waals surface area contributed by atoms with E-state index < -0.39 is 0 Å². The summed E-state index contributed by atoms with van der Waals surface area (Å²) in [5.41, 5.74) is 0. The van der Waals surface area contributed by atoms with Gasteiger partial charge in [-0.1, -0.05) is 0 Å². The molecule has 2 aliphatic rings. The van der Waals surface area contributed by atoms with Gasteiger partial charge in [0, 0.05) is 31.7 Å². The monoisotopic (exact) mass is 311 g/mol. The summed E-state index contributed by atoms with van der Waals surface area (Å²) in [6, 6.07) is 2.02. The molecule has 4 nitrogen and oxygen atoms in total. The van der Waals surface area contributed by atoms with Crippen LogP contribution in [0, 0.1) is 0 Å². The van der Waals surface area contributed by atoms with Crippen molar-refractivity contribution >= 4 is 21.7 Å². The molecule has 0 N–H and O–H groups in total. The van der Waals surface area contributed by atoms with E-state index in [0.717, 1.165) is 42.4 Å². The standard InChI is InChI=1S/C13H18BrN3O/c1-9-8-17(5-2-6-18-9)12-7-11(14)15-13(16-12)10-3-4-10/h7,9-10H,2-6,8H2,1H3. The van der Waals surface area contributed by atoms with E-state index in [1.54, 1.807) is 0 Å². The molecule has 98 valence electrons. The molecule has 1 aliphatic heterocycles. The fraction of sp³-hybridized carbons (Fsp3) is 0.692. The van der Waals surface area contributed by atoms with Crippen molar-refractivity contribution in [3.8, 4) is 0 Å². The first-order chi connectivity index (χ1) is 8.72. The van der Waals surface area contributed by atoms with E-state index in [1.807, 2.05) is 6.07 Å². The van der Waals surface area contributed by atoms with Gasteiger partial charge in [-0.3, -0.25) is 0 Å². The SMILES string of the molecule is CC1CN(c2cc(Br)nc(C3CC3)n2)CCCO1. The second-order valence-electron chi connectivity index (χ2n) is 5.16. The number of nitrogens with zero attached hydrogens (tertiary/aromatic N) is 3. The van der Waals surface area contributed by atoms with E-state index in [9.17, 15) is 0 Å². The Hall–Kier alpha value is -0.680. The van der Waals surface area contributed by atoms with E-state index in [4.69, 9.17) is 9.72 Å². The molecule has 3 rings (SSSR count). The van der Waals surface area contributed by atoms with Crippen LogP contribution in [0.25, 0.3) is 0 Å². The van der Waals surface area contributed by atoms with Crippen LogP contribution in [0.1, 0.15) is 37.9 Å². The zero-order valence-electron chi connectivity index (χ0n) is 10.6. The third kappa shape index (κ3) is 2.83. The normalized spacial score (nSPS) is 25.0. The minimum atomic E-state index is 0.269. The van der Waals surface area contributed by atoms with Crippen LogP contribution in [0.2, 0.25) is 0 Å². The highest BCUT2D eigenvalue weighted by Crippen LogP contribution is 2.39. The van der Waals surface area contributed by atoms with Gasteiger partial charge >= 0.3 is 0 Å². The van der Waals surface area contributed by atoms with Crippen molar-refractivity contribution in [2.24, 2.45) is 0 Å². The third-order valence-corrected chi connectivity index (χ3v) is 3.82. The van der Waals surface area contributed by atoms with E-state index in [0.29, 0.717) is 5.92 Å². The van der Waals surface area contributed by atoms with Crippen LogP contribution < -0.4 is 4.90 Å². The molecule has 0 radical (unpaired) electrons. The minimum absolute atomic E-state index is 0.269. The second-order valence-corrected chi connectivity index (χ2v) is 5.97. The van der Waals surface area contributed by atoms with Gasteiger partial charge in [-0.25, -0.2) is 9.97 Å². The fourth-order valence-electron chi connectivity index (χ4n) is 2.31. The smallest absolute Gasteiger partial charge is 0.135 e. The molecule has 18 heavy (non-hydrogen) atoms. The molecule has 1 aliphatic carbocycles. The summed E-state index contributed by atoms with van der Waals surface area (Å²) < 4.78 is 6.57. The summed E-state index contributed by atoms with van der Waals surface area (Å²) in [6.07, 6.45) is 3.79. The first kappa shape index (κ1) is 12.4. The van der Waals surface area contributed by atoms with Crippen LogP contribution in [-0.4, -0.2) is 35.8 Å². The van der Waals surface area contributed by atoms with Crippen molar-refractivity contribution in [3.05, 3.63) is 16.5 Å². The van der Waals surface area contributed by atoms with Crippen LogP contribution in [-0.2, 0) is 4.74 Å². The van der Waals surface area contributed by atoms with Gasteiger partial charge in [-0.2, -0.15) is 0 Å². The van der Waals surface area contributed by atoms with Gasteiger partial charge < -0.3 is 9.64 Å². The highest BCUT2D eigenvalue weighted by atomic mass is 79.9. The number of aromatic nitrogens is 2. The van der Waals surface area contributed by atoms with Crippen molar-refractivity contribution < 1.29 is 4.74 Å². The second kappa shape index (κ2) is 5.13. The van der Waals surface area contributed by atoms with E-state index in [-0.39, 0.29) is 6.10 Å². The summed E-state index contributed by atoms with van der Waals surface area (Å²) in [5, 5.41) is 0. The zero-order valence-corrected chi connectivity index (χ0v) is 12.2. The lowest BCUT2D eigenvalue weighted by Crippen LogP contribution is -2.31. The van der Waals surface area contributed by atoms with Gasteiger partial charge in [0.15, 0.2) is 0 Å². The molecule has 0 spiro atoms. The van der Waals surface area contributed by atoms with Gasteiger partial charge in [-0.05, 0) is 42.1 Å². The molecule has 0 aromatic carbocycles. The highest BCUT2D eigenvalue weighted by molar-refractivity contribution is 9.10. The van der Waals surface area contributed by atoms with Crippen LogP contribution >= 0.6 is 15.9 Å². The van der Waals surface area contributed by atoms with Crippen molar-refractivity contribution in [3.63, 3.8) is 0 Å². The molecule has 1 saturated heterocycles. The minimum Gasteiger partial charge on any atom is -0.377 e. The Balaban J connectivity index is 1.85. The summed E-state index contributed by atoms with van der Waals surface area (Å²) >= 11 is 3.50. The largest absolute Gasteiger partial charge is 0.377 e. The summed E-state index contributed by atoms with van der Waals surface area (Å²) in [4.78, 5) is 11.5. The van der Waals surface area contributed by atoms with Crippen molar-refractivity contribution in [2.75, 3.05) is 24.6 Å². The number of hydrogen-bond acceptors (Lipinski definition) is 4. The number of halogens is 1. The quantitative estimate of drug-likeness (QED) is 0.787. The Morgan fingerprint density at radius 3 is 3.00 bits per heavy atom. The topological polar surface area (TPSA) is 38.2 Å². The third-order valence-electron chi connectivity index (χ3n) is 3.42. The van der Waals surface area contributed by atoms with Crippen LogP contribution in [0.4, 0.5) is 5.82 Å². The summed E-state index contributed by atoms with van der Waals surface area (Å²) in [6.45, 7) is 4.89. The lowest BCUT2D eigenvalue weighted by Gasteiger charge is -2.23. The molecule has 1 aromatic heterocycles. The number of hydrogen-bond donors (Lipinski definition) is 0. The first-order valence-electron chi connectivity index (χ1n) is 6.63. The maximum atomic E-state index is 5.68. The molecule has 1 unspecified atom stereocenters. The fourth-order valence-corrected chi connectivity index (χ4v) is 2.70. The van der Waals surface area contributed by atoms with Gasteiger partial charge in [-0.15, -0.1) is 0 Å². The van der Waals surface area contributed by atoms with Gasteiger partial charge in [0.1, 0.15) is 16.2 Å². The number of anilines is 1. The van der Waals surface area contributed by atoms with Crippen LogP contribution in [0.3, 0.4) is 0 Å². The first-order valence-corrected chi connectivity index (χ1v) is 7.42.